The van der Waals surface area contributed by atoms with Crippen LogP contribution in [0.25, 0.3) is 0 Å². The zero-order chi connectivity index (χ0) is 14.3. The van der Waals surface area contributed by atoms with Crippen LogP contribution in [0.15, 0.2) is 0 Å². The Hall–Kier alpha value is -1.01. The third kappa shape index (κ3) is 2.86. The predicted octanol–water partition coefficient (Wildman–Crippen LogP) is 1.87. The van der Waals surface area contributed by atoms with E-state index in [0.29, 0.717) is 22.9 Å². The van der Waals surface area contributed by atoms with Gasteiger partial charge in [0.05, 0.1) is 0 Å². The van der Waals surface area contributed by atoms with Crippen molar-refractivity contribution < 1.29 is 4.79 Å². The number of hydrogen-bond acceptors (Lipinski definition) is 5. The standard InChI is InChI=1S/C14H22N4OS/c1-8(2)18-6-9(3)11(7-18)15-12(19)14-17-16-13(20-14)10-4-5-10/h8-11H,4-7H2,1-3H3,(H,15,19). The van der Waals surface area contributed by atoms with E-state index in [1.807, 2.05) is 0 Å². The molecule has 1 aliphatic heterocycles. The fraction of sp³-hybridized carbons (Fsp3) is 0.786. The molecule has 3 rings (SSSR count). The SMILES string of the molecule is CC1CN(C(C)C)CC1NC(=O)c1nnc(C2CC2)s1. The van der Waals surface area contributed by atoms with Gasteiger partial charge in [-0.1, -0.05) is 18.3 Å². The number of hydrogen-bond donors (Lipinski definition) is 1. The smallest absolute Gasteiger partial charge is 0.282 e. The number of nitrogens with one attached hydrogen (secondary N) is 1. The molecule has 2 fully saturated rings. The van der Waals surface area contributed by atoms with E-state index in [-0.39, 0.29) is 11.9 Å². The van der Waals surface area contributed by atoms with Crippen molar-refractivity contribution in [2.24, 2.45) is 5.92 Å². The summed E-state index contributed by atoms with van der Waals surface area (Å²) in [6.07, 6.45) is 2.39. The van der Waals surface area contributed by atoms with Gasteiger partial charge in [-0.15, -0.1) is 10.2 Å². The largest absolute Gasteiger partial charge is 0.346 e. The lowest BCUT2D eigenvalue weighted by atomic mass is 10.1. The van der Waals surface area contributed by atoms with Crippen LogP contribution < -0.4 is 5.32 Å². The number of rotatable bonds is 4. The van der Waals surface area contributed by atoms with Crippen molar-refractivity contribution in [1.29, 1.82) is 0 Å². The summed E-state index contributed by atoms with van der Waals surface area (Å²) < 4.78 is 0. The maximum absolute atomic E-state index is 12.3. The molecule has 1 aliphatic carbocycles. The molecule has 1 amide bonds. The molecule has 2 unspecified atom stereocenters. The zero-order valence-electron chi connectivity index (χ0n) is 12.3. The molecular formula is C14H22N4OS. The zero-order valence-corrected chi connectivity index (χ0v) is 13.1. The minimum absolute atomic E-state index is 0.0585. The van der Waals surface area contributed by atoms with Crippen LogP contribution in [0.3, 0.4) is 0 Å². The Kier molecular flexibility index (Phi) is 3.77. The summed E-state index contributed by atoms with van der Waals surface area (Å²) in [5.41, 5.74) is 0. The monoisotopic (exact) mass is 294 g/mol. The van der Waals surface area contributed by atoms with Crippen LogP contribution in [0.1, 0.15) is 54.3 Å². The van der Waals surface area contributed by atoms with Gasteiger partial charge in [-0.05, 0) is 32.6 Å². The molecule has 1 saturated carbocycles. The highest BCUT2D eigenvalue weighted by Gasteiger charge is 2.33. The van der Waals surface area contributed by atoms with Crippen LogP contribution in [0.5, 0.6) is 0 Å². The number of likely N-dealkylation sites (tertiary alicyclic amines) is 1. The minimum atomic E-state index is -0.0585. The van der Waals surface area contributed by atoms with E-state index in [1.165, 1.54) is 24.2 Å². The first-order valence-corrected chi connectivity index (χ1v) is 8.24. The third-order valence-corrected chi connectivity index (χ3v) is 5.33. The second kappa shape index (κ2) is 5.41. The molecule has 0 bridgehead atoms. The fourth-order valence-electron chi connectivity index (χ4n) is 2.67. The number of aromatic nitrogens is 2. The van der Waals surface area contributed by atoms with Crippen LogP contribution in [-0.2, 0) is 0 Å². The summed E-state index contributed by atoms with van der Waals surface area (Å²) in [5.74, 6) is 0.991. The highest BCUT2D eigenvalue weighted by molar-refractivity contribution is 7.13. The molecule has 2 aliphatic rings. The number of nitrogens with zero attached hydrogens (tertiary/aromatic N) is 3. The van der Waals surface area contributed by atoms with E-state index in [2.05, 4.69) is 41.2 Å². The van der Waals surface area contributed by atoms with E-state index in [9.17, 15) is 4.79 Å². The Morgan fingerprint density at radius 1 is 1.35 bits per heavy atom. The molecular weight excluding hydrogens is 272 g/mol. The first-order chi connectivity index (χ1) is 9.54. The summed E-state index contributed by atoms with van der Waals surface area (Å²) in [6, 6.07) is 0.750. The molecule has 2 atom stereocenters. The van der Waals surface area contributed by atoms with Crippen molar-refractivity contribution >= 4 is 17.2 Å². The van der Waals surface area contributed by atoms with E-state index in [0.717, 1.165) is 18.1 Å². The van der Waals surface area contributed by atoms with Gasteiger partial charge in [0, 0.05) is 31.1 Å². The van der Waals surface area contributed by atoms with E-state index in [4.69, 9.17) is 0 Å². The van der Waals surface area contributed by atoms with Crippen molar-refractivity contribution in [2.45, 2.75) is 51.6 Å². The first-order valence-electron chi connectivity index (χ1n) is 7.43. The maximum Gasteiger partial charge on any atom is 0.282 e. The third-order valence-electron chi connectivity index (χ3n) is 4.25. The van der Waals surface area contributed by atoms with Crippen LogP contribution in [0, 0.1) is 5.92 Å². The summed E-state index contributed by atoms with van der Waals surface area (Å²) in [4.78, 5) is 14.7. The number of amides is 1. The van der Waals surface area contributed by atoms with Gasteiger partial charge in [0.25, 0.3) is 5.91 Å². The molecule has 1 N–H and O–H groups in total. The summed E-state index contributed by atoms with van der Waals surface area (Å²) >= 11 is 1.46. The molecule has 20 heavy (non-hydrogen) atoms. The quantitative estimate of drug-likeness (QED) is 0.921. The lowest BCUT2D eigenvalue weighted by molar-refractivity contribution is 0.0929. The Labute approximate surface area is 123 Å². The van der Waals surface area contributed by atoms with E-state index in [1.54, 1.807) is 0 Å². The van der Waals surface area contributed by atoms with Gasteiger partial charge < -0.3 is 5.32 Å². The maximum atomic E-state index is 12.3. The lowest BCUT2D eigenvalue weighted by Gasteiger charge is -2.20. The Balaban J connectivity index is 1.60. The van der Waals surface area contributed by atoms with Crippen LogP contribution in [0.2, 0.25) is 0 Å². The second-order valence-electron chi connectivity index (χ2n) is 6.32. The Morgan fingerprint density at radius 3 is 2.70 bits per heavy atom. The molecule has 5 nitrogen and oxygen atoms in total. The van der Waals surface area contributed by atoms with Gasteiger partial charge in [-0.3, -0.25) is 9.69 Å². The van der Waals surface area contributed by atoms with Crippen LogP contribution in [-0.4, -0.2) is 46.2 Å². The predicted molar refractivity (Wildman–Crippen MR) is 79.0 cm³/mol. The van der Waals surface area contributed by atoms with E-state index < -0.39 is 0 Å². The van der Waals surface area contributed by atoms with Crippen molar-refractivity contribution in [2.75, 3.05) is 13.1 Å². The van der Waals surface area contributed by atoms with Crippen molar-refractivity contribution in [3.63, 3.8) is 0 Å². The molecule has 0 aromatic carbocycles. The number of carbonyl (C=O) groups excluding carboxylic acids is 1. The average molecular weight is 294 g/mol. The summed E-state index contributed by atoms with van der Waals surface area (Å²) in [6.45, 7) is 8.57. The molecule has 110 valence electrons. The molecule has 2 heterocycles. The number of carbonyl (C=O) groups is 1. The second-order valence-corrected chi connectivity index (χ2v) is 7.33. The molecule has 1 aromatic rings. The van der Waals surface area contributed by atoms with Gasteiger partial charge in [0.15, 0.2) is 0 Å². The van der Waals surface area contributed by atoms with E-state index >= 15 is 0 Å². The van der Waals surface area contributed by atoms with Crippen molar-refractivity contribution in [3.8, 4) is 0 Å². The fourth-order valence-corrected chi connectivity index (χ4v) is 3.58. The first kappa shape index (κ1) is 13.9. The Bertz CT molecular complexity index is 497. The minimum Gasteiger partial charge on any atom is -0.346 e. The van der Waals surface area contributed by atoms with Crippen molar-refractivity contribution in [3.05, 3.63) is 10.0 Å². The topological polar surface area (TPSA) is 58.1 Å². The van der Waals surface area contributed by atoms with Gasteiger partial charge in [-0.25, -0.2) is 0 Å². The Morgan fingerprint density at radius 2 is 2.10 bits per heavy atom. The average Bonchev–Trinajstić information content (AvgIpc) is 3.01. The molecule has 1 saturated heterocycles. The van der Waals surface area contributed by atoms with Crippen LogP contribution in [0.4, 0.5) is 0 Å². The van der Waals surface area contributed by atoms with Gasteiger partial charge in [0.2, 0.25) is 5.01 Å². The van der Waals surface area contributed by atoms with Crippen LogP contribution >= 0.6 is 11.3 Å². The highest BCUT2D eigenvalue weighted by atomic mass is 32.1. The van der Waals surface area contributed by atoms with Crippen molar-refractivity contribution in [1.82, 2.24) is 20.4 Å². The normalized spacial score (nSPS) is 27.2. The molecule has 1 aromatic heterocycles. The summed E-state index contributed by atoms with van der Waals surface area (Å²) in [5, 5.41) is 12.8. The molecule has 0 radical (unpaired) electrons. The molecule has 0 spiro atoms. The van der Waals surface area contributed by atoms with Gasteiger partial charge in [-0.2, -0.15) is 0 Å². The van der Waals surface area contributed by atoms with Gasteiger partial charge >= 0.3 is 0 Å². The van der Waals surface area contributed by atoms with Gasteiger partial charge in [0.1, 0.15) is 5.01 Å². The molecule has 6 heteroatoms. The highest BCUT2D eigenvalue weighted by Crippen LogP contribution is 2.41. The lowest BCUT2D eigenvalue weighted by Crippen LogP contribution is -2.40. The summed E-state index contributed by atoms with van der Waals surface area (Å²) in [7, 11) is 0.